The zero-order valence-electron chi connectivity index (χ0n) is 7.55. The van der Waals surface area contributed by atoms with E-state index in [-0.39, 0.29) is 6.42 Å². The molecule has 0 aliphatic rings. The van der Waals surface area contributed by atoms with E-state index >= 15 is 0 Å². The molecule has 0 aliphatic carbocycles. The van der Waals surface area contributed by atoms with Gasteiger partial charge in [0.2, 0.25) is 6.08 Å². The van der Waals surface area contributed by atoms with E-state index in [0.717, 1.165) is 17.0 Å². The monoisotopic (exact) mass is 178 g/mol. The van der Waals surface area contributed by atoms with Crippen LogP contribution in [0.25, 0.3) is 0 Å². The van der Waals surface area contributed by atoms with E-state index in [0.29, 0.717) is 0 Å². The molecule has 0 spiro atoms. The average molecular weight is 178 g/mol. The Labute approximate surface area is 75.7 Å². The predicted molar refractivity (Wildman–Crippen MR) is 47.1 cm³/mol. The van der Waals surface area contributed by atoms with Gasteiger partial charge in [-0.25, -0.2) is 4.79 Å². The molecule has 4 nitrogen and oxygen atoms in total. The van der Waals surface area contributed by atoms with Crippen LogP contribution >= 0.6 is 0 Å². The van der Waals surface area contributed by atoms with Crippen LogP contribution in [0.1, 0.15) is 17.0 Å². The summed E-state index contributed by atoms with van der Waals surface area (Å²) in [4.78, 5) is 26.8. The Bertz CT molecular complexity index is 373. The second-order valence-corrected chi connectivity index (χ2v) is 2.88. The molecule has 13 heavy (non-hydrogen) atoms. The minimum Gasteiger partial charge on any atom is -0.362 e. The summed E-state index contributed by atoms with van der Waals surface area (Å²) in [7, 11) is 0. The van der Waals surface area contributed by atoms with Crippen LogP contribution in [0, 0.1) is 13.8 Å². The van der Waals surface area contributed by atoms with Crippen molar-refractivity contribution < 1.29 is 9.59 Å². The maximum atomic E-state index is 10.9. The van der Waals surface area contributed by atoms with Gasteiger partial charge in [-0.2, -0.15) is 0 Å². The molecule has 0 bridgehead atoms. The Morgan fingerprint density at radius 1 is 1.62 bits per heavy atom. The molecule has 1 rings (SSSR count). The summed E-state index contributed by atoms with van der Waals surface area (Å²) in [6.45, 7) is 3.78. The minimum atomic E-state index is -0.461. The van der Waals surface area contributed by atoms with Crippen LogP contribution < -0.4 is 0 Å². The molecular formula is C9H10N2O2. The standard InChI is InChI=1S/C9H10N2O2/c1-6-3-8(7(2)11-6)4-9(13)10-5-12/h3,11H,4H2,1-2H3. The smallest absolute Gasteiger partial charge is 0.260 e. The van der Waals surface area contributed by atoms with Gasteiger partial charge in [0, 0.05) is 11.4 Å². The van der Waals surface area contributed by atoms with Gasteiger partial charge >= 0.3 is 0 Å². The highest BCUT2D eigenvalue weighted by Gasteiger charge is 2.06. The highest BCUT2D eigenvalue weighted by molar-refractivity contribution is 5.83. The SMILES string of the molecule is Cc1cc(CC(=O)N=C=O)c(C)[nH]1. The van der Waals surface area contributed by atoms with Gasteiger partial charge in [0.15, 0.2) is 0 Å². The number of carbonyl (C=O) groups excluding carboxylic acids is 2. The molecule has 0 aromatic carbocycles. The predicted octanol–water partition coefficient (Wildman–Crippen LogP) is 1.04. The third-order valence-corrected chi connectivity index (χ3v) is 1.77. The van der Waals surface area contributed by atoms with Crippen LogP contribution in [0.5, 0.6) is 0 Å². The Morgan fingerprint density at radius 2 is 2.31 bits per heavy atom. The lowest BCUT2D eigenvalue weighted by atomic mass is 10.2. The lowest BCUT2D eigenvalue weighted by Gasteiger charge is -1.92. The lowest BCUT2D eigenvalue weighted by Crippen LogP contribution is -1.98. The van der Waals surface area contributed by atoms with Crippen molar-refractivity contribution in [1.82, 2.24) is 4.98 Å². The summed E-state index contributed by atoms with van der Waals surface area (Å²) in [6, 6.07) is 1.87. The molecule has 1 N–H and O–H groups in total. The van der Waals surface area contributed by atoms with Crippen molar-refractivity contribution in [2.24, 2.45) is 4.99 Å². The van der Waals surface area contributed by atoms with Crippen molar-refractivity contribution in [3.05, 3.63) is 23.0 Å². The normalized spacial score (nSPS) is 9.38. The number of carbonyl (C=O) groups is 1. The van der Waals surface area contributed by atoms with Crippen molar-refractivity contribution in [1.29, 1.82) is 0 Å². The van der Waals surface area contributed by atoms with Gasteiger partial charge in [0.1, 0.15) is 0 Å². The van der Waals surface area contributed by atoms with Gasteiger partial charge in [0.25, 0.3) is 5.91 Å². The first-order valence-electron chi connectivity index (χ1n) is 3.89. The largest absolute Gasteiger partial charge is 0.362 e. The van der Waals surface area contributed by atoms with Crippen molar-refractivity contribution >= 4 is 12.0 Å². The Balaban J connectivity index is 2.79. The van der Waals surface area contributed by atoms with Crippen LogP contribution in [0.15, 0.2) is 11.1 Å². The lowest BCUT2D eigenvalue weighted by molar-refractivity contribution is -0.117. The molecular weight excluding hydrogens is 168 g/mol. The highest BCUT2D eigenvalue weighted by atomic mass is 16.2. The number of isocyanates is 1. The first-order valence-corrected chi connectivity index (χ1v) is 3.89. The van der Waals surface area contributed by atoms with Gasteiger partial charge in [-0.3, -0.25) is 4.79 Å². The maximum Gasteiger partial charge on any atom is 0.260 e. The second-order valence-electron chi connectivity index (χ2n) is 2.88. The number of hydrogen-bond donors (Lipinski definition) is 1. The molecule has 0 saturated heterocycles. The van der Waals surface area contributed by atoms with E-state index < -0.39 is 5.91 Å². The Hall–Kier alpha value is -1.67. The Morgan fingerprint density at radius 3 is 2.77 bits per heavy atom. The summed E-state index contributed by atoms with van der Waals surface area (Å²) in [5, 5.41) is 0. The number of hydrogen-bond acceptors (Lipinski definition) is 2. The number of aliphatic imine (C=N–C) groups is 1. The van der Waals surface area contributed by atoms with E-state index in [4.69, 9.17) is 0 Å². The quantitative estimate of drug-likeness (QED) is 0.543. The Kier molecular flexibility index (Phi) is 2.77. The summed E-state index contributed by atoms with van der Waals surface area (Å²) >= 11 is 0. The van der Waals surface area contributed by atoms with Crippen LogP contribution in [-0.2, 0) is 16.0 Å². The van der Waals surface area contributed by atoms with Gasteiger partial charge in [-0.15, -0.1) is 4.99 Å². The number of H-pyrrole nitrogens is 1. The second kappa shape index (κ2) is 3.83. The molecule has 4 heteroatoms. The van der Waals surface area contributed by atoms with E-state index in [1.807, 2.05) is 19.9 Å². The molecule has 0 atom stereocenters. The number of rotatable bonds is 2. The number of aromatic nitrogens is 1. The zero-order chi connectivity index (χ0) is 9.84. The van der Waals surface area contributed by atoms with Crippen LogP contribution in [0.3, 0.4) is 0 Å². The third kappa shape index (κ3) is 2.39. The van der Waals surface area contributed by atoms with Gasteiger partial charge in [-0.1, -0.05) is 0 Å². The number of amides is 1. The van der Waals surface area contributed by atoms with Crippen molar-refractivity contribution in [2.75, 3.05) is 0 Å². The fourth-order valence-corrected chi connectivity index (χ4v) is 1.22. The van der Waals surface area contributed by atoms with Gasteiger partial charge < -0.3 is 4.98 Å². The number of aryl methyl sites for hydroxylation is 2. The molecule has 1 amide bonds. The van der Waals surface area contributed by atoms with Crippen LogP contribution in [0.2, 0.25) is 0 Å². The maximum absolute atomic E-state index is 10.9. The van der Waals surface area contributed by atoms with E-state index in [1.54, 1.807) is 0 Å². The fourth-order valence-electron chi connectivity index (χ4n) is 1.22. The first kappa shape index (κ1) is 9.42. The molecule has 0 radical (unpaired) electrons. The van der Waals surface area contributed by atoms with Crippen molar-refractivity contribution in [3.8, 4) is 0 Å². The molecule has 1 aromatic heterocycles. The molecule has 0 fully saturated rings. The first-order chi connectivity index (χ1) is 6.13. The van der Waals surface area contributed by atoms with E-state index in [1.165, 1.54) is 6.08 Å². The summed E-state index contributed by atoms with van der Waals surface area (Å²) in [5.41, 5.74) is 2.81. The molecule has 0 saturated carbocycles. The zero-order valence-corrected chi connectivity index (χ0v) is 7.55. The molecule has 0 unspecified atom stereocenters. The third-order valence-electron chi connectivity index (χ3n) is 1.77. The van der Waals surface area contributed by atoms with Crippen molar-refractivity contribution in [2.45, 2.75) is 20.3 Å². The number of aromatic amines is 1. The molecule has 1 aromatic rings. The van der Waals surface area contributed by atoms with Crippen LogP contribution in [-0.4, -0.2) is 17.0 Å². The fraction of sp³-hybridized carbons (Fsp3) is 0.333. The van der Waals surface area contributed by atoms with E-state index in [9.17, 15) is 9.59 Å². The molecule has 0 aliphatic heterocycles. The molecule has 1 heterocycles. The summed E-state index contributed by atoms with van der Waals surface area (Å²) in [5.74, 6) is -0.461. The van der Waals surface area contributed by atoms with E-state index in [2.05, 4.69) is 9.98 Å². The highest BCUT2D eigenvalue weighted by Crippen LogP contribution is 2.10. The summed E-state index contributed by atoms with van der Waals surface area (Å²) < 4.78 is 0. The molecule has 68 valence electrons. The summed E-state index contributed by atoms with van der Waals surface area (Å²) in [6.07, 6.45) is 1.39. The number of nitrogens with zero attached hydrogens (tertiary/aromatic N) is 1. The van der Waals surface area contributed by atoms with Crippen LogP contribution in [0.4, 0.5) is 0 Å². The van der Waals surface area contributed by atoms with Crippen molar-refractivity contribution in [3.63, 3.8) is 0 Å². The average Bonchev–Trinajstić information content (AvgIpc) is 2.30. The van der Waals surface area contributed by atoms with Gasteiger partial charge in [-0.05, 0) is 25.5 Å². The minimum absolute atomic E-state index is 0.158. The van der Waals surface area contributed by atoms with Gasteiger partial charge in [0.05, 0.1) is 6.42 Å². The topological polar surface area (TPSA) is 62.3 Å². The number of nitrogens with one attached hydrogen (secondary N) is 1.